The van der Waals surface area contributed by atoms with Crippen molar-refractivity contribution in [1.29, 1.82) is 0 Å². The molecule has 0 radical (unpaired) electrons. The number of pyridine rings is 1. The molecule has 0 atom stereocenters. The number of hydrogen-bond acceptors (Lipinski definition) is 4. The Hall–Kier alpha value is -4.26. The number of aryl methyl sites for hydroxylation is 1. The van der Waals surface area contributed by atoms with Crippen LogP contribution in [0.3, 0.4) is 0 Å². The van der Waals surface area contributed by atoms with E-state index in [-0.39, 0.29) is 12.2 Å². The second-order valence-electron chi connectivity index (χ2n) is 9.03. The minimum atomic E-state index is -4.21. The number of fused-ring (bicyclic) bond motifs is 1. The molecule has 0 unspecified atom stereocenters. The fourth-order valence-corrected chi connectivity index (χ4v) is 5.07. The van der Waals surface area contributed by atoms with Gasteiger partial charge in [0.25, 0.3) is 0 Å². The molecule has 0 fully saturated rings. The van der Waals surface area contributed by atoms with Crippen LogP contribution in [0.4, 0.5) is 17.1 Å². The summed E-state index contributed by atoms with van der Waals surface area (Å²) in [5.41, 5.74) is 6.40. The number of rotatable bonds is 9. The van der Waals surface area contributed by atoms with Crippen LogP contribution in [0.5, 0.6) is 0 Å². The van der Waals surface area contributed by atoms with Gasteiger partial charge in [-0.1, -0.05) is 72.8 Å². The molecule has 0 aliphatic rings. The van der Waals surface area contributed by atoms with Crippen molar-refractivity contribution in [2.75, 3.05) is 10.7 Å². The lowest BCUT2D eigenvalue weighted by molar-refractivity contribution is -0.671. The van der Waals surface area contributed by atoms with Gasteiger partial charge in [-0.25, -0.2) is 8.42 Å². The van der Waals surface area contributed by atoms with Gasteiger partial charge < -0.3 is 9.45 Å². The Morgan fingerprint density at radius 3 is 1.89 bits per heavy atom. The van der Waals surface area contributed by atoms with E-state index < -0.39 is 10.1 Å². The average Bonchev–Trinajstić information content (AvgIpc) is 2.94. The van der Waals surface area contributed by atoms with Crippen molar-refractivity contribution in [2.24, 2.45) is 0 Å². The molecule has 5 aromatic rings. The van der Waals surface area contributed by atoms with Crippen LogP contribution in [-0.4, -0.2) is 18.7 Å². The van der Waals surface area contributed by atoms with Crippen LogP contribution < -0.4 is 9.47 Å². The van der Waals surface area contributed by atoms with Gasteiger partial charge in [-0.15, -0.1) is 0 Å². The van der Waals surface area contributed by atoms with Crippen LogP contribution >= 0.6 is 0 Å². The van der Waals surface area contributed by atoms with E-state index in [2.05, 4.69) is 71.6 Å². The van der Waals surface area contributed by atoms with Gasteiger partial charge in [0.15, 0.2) is 6.20 Å². The van der Waals surface area contributed by atoms with E-state index >= 15 is 0 Å². The first kappa shape index (κ1) is 25.4. The highest BCUT2D eigenvalue weighted by molar-refractivity contribution is 7.85. The average molecular weight is 521 g/mol. The summed E-state index contributed by atoms with van der Waals surface area (Å²) in [4.78, 5) is 2.23. The van der Waals surface area contributed by atoms with Crippen LogP contribution in [0, 0.1) is 0 Å². The molecule has 0 saturated heterocycles. The zero-order valence-corrected chi connectivity index (χ0v) is 21.7. The standard InChI is InChI=1S/C32H28N2O3S/c35-38(36,37)25-9-23-33-24-22-27(31-14-7-8-15-32(31)33)19-16-26-17-20-30(21-18-26)34(28-10-3-1-4-11-28)29-12-5-2-6-13-29/h1-8,10-22,24H,9,23,25H2. The molecule has 5 rings (SSSR count). The van der Waals surface area contributed by atoms with Crippen molar-refractivity contribution in [3.05, 3.63) is 133 Å². The number of nitrogens with zero attached hydrogens (tertiary/aromatic N) is 2. The Labute approximate surface area is 223 Å². The Balaban J connectivity index is 1.39. The van der Waals surface area contributed by atoms with Crippen molar-refractivity contribution in [3.63, 3.8) is 0 Å². The summed E-state index contributed by atoms with van der Waals surface area (Å²) in [5.74, 6) is -0.363. The Bertz CT molecular complexity index is 1610. The molecule has 6 heteroatoms. The summed E-state index contributed by atoms with van der Waals surface area (Å²) in [6, 6.07) is 39.1. The van der Waals surface area contributed by atoms with Crippen molar-refractivity contribution < 1.29 is 17.5 Å². The van der Waals surface area contributed by atoms with Gasteiger partial charge in [0.1, 0.15) is 6.54 Å². The van der Waals surface area contributed by atoms with E-state index in [0.29, 0.717) is 6.54 Å². The fourth-order valence-electron chi connectivity index (χ4n) is 4.58. The summed E-state index contributed by atoms with van der Waals surface area (Å²) in [5, 5.41) is 1.06. The molecule has 0 spiro atoms. The summed E-state index contributed by atoms with van der Waals surface area (Å²) in [6.45, 7) is 0.465. The minimum Gasteiger partial charge on any atom is -0.748 e. The predicted octanol–water partition coefficient (Wildman–Crippen LogP) is 6.70. The van der Waals surface area contributed by atoms with Crippen molar-refractivity contribution >= 4 is 50.2 Å². The molecule has 0 aliphatic heterocycles. The Morgan fingerprint density at radius 2 is 1.26 bits per heavy atom. The lowest BCUT2D eigenvalue weighted by Gasteiger charge is -2.25. The highest BCUT2D eigenvalue weighted by Gasteiger charge is 2.13. The number of hydrogen-bond donors (Lipinski definition) is 0. The van der Waals surface area contributed by atoms with Crippen LogP contribution in [0.1, 0.15) is 17.5 Å². The third-order valence-electron chi connectivity index (χ3n) is 6.39. The largest absolute Gasteiger partial charge is 0.748 e. The van der Waals surface area contributed by atoms with E-state index in [1.54, 1.807) is 0 Å². The van der Waals surface area contributed by atoms with Crippen LogP contribution in [0.2, 0.25) is 0 Å². The second-order valence-corrected chi connectivity index (χ2v) is 10.6. The predicted molar refractivity (Wildman–Crippen MR) is 153 cm³/mol. The van der Waals surface area contributed by atoms with Gasteiger partial charge >= 0.3 is 0 Å². The smallest absolute Gasteiger partial charge is 0.213 e. The maximum Gasteiger partial charge on any atom is 0.213 e. The molecule has 0 amide bonds. The third-order valence-corrected chi connectivity index (χ3v) is 7.18. The lowest BCUT2D eigenvalue weighted by Crippen LogP contribution is -2.35. The van der Waals surface area contributed by atoms with E-state index in [1.165, 1.54) is 0 Å². The Morgan fingerprint density at radius 1 is 0.684 bits per heavy atom. The first-order valence-electron chi connectivity index (χ1n) is 12.5. The SMILES string of the molecule is O=S(=O)([O-])CCC[n+]1ccc(/C=C/c2ccc(N(c3ccccc3)c3ccccc3)cc2)c2ccccc21. The van der Waals surface area contributed by atoms with Gasteiger partial charge in [0.2, 0.25) is 5.52 Å². The monoisotopic (exact) mass is 520 g/mol. The fraction of sp³-hybridized carbons (Fsp3) is 0.0938. The van der Waals surface area contributed by atoms with Crippen LogP contribution in [0.25, 0.3) is 23.1 Å². The summed E-state index contributed by atoms with van der Waals surface area (Å²) < 4.78 is 34.9. The third kappa shape index (κ3) is 6.17. The first-order chi connectivity index (χ1) is 18.5. The van der Waals surface area contributed by atoms with Gasteiger partial charge in [0.05, 0.1) is 15.5 Å². The summed E-state index contributed by atoms with van der Waals surface area (Å²) >= 11 is 0. The molecular weight excluding hydrogens is 492 g/mol. The van der Waals surface area contributed by atoms with E-state index in [4.69, 9.17) is 0 Å². The number of aromatic nitrogens is 1. The van der Waals surface area contributed by atoms with Crippen LogP contribution in [-0.2, 0) is 16.7 Å². The highest BCUT2D eigenvalue weighted by Crippen LogP contribution is 2.34. The van der Waals surface area contributed by atoms with E-state index in [1.807, 2.05) is 71.4 Å². The molecule has 190 valence electrons. The molecule has 0 N–H and O–H groups in total. The quantitative estimate of drug-likeness (QED) is 0.160. The molecule has 1 heterocycles. The molecular formula is C32H28N2O3S. The molecule has 4 aromatic carbocycles. The topological polar surface area (TPSA) is 64.3 Å². The lowest BCUT2D eigenvalue weighted by atomic mass is 10.1. The van der Waals surface area contributed by atoms with E-state index in [9.17, 15) is 13.0 Å². The number of anilines is 3. The molecule has 38 heavy (non-hydrogen) atoms. The van der Waals surface area contributed by atoms with Gasteiger partial charge in [-0.2, -0.15) is 4.57 Å². The maximum atomic E-state index is 11.0. The first-order valence-corrected chi connectivity index (χ1v) is 14.1. The van der Waals surface area contributed by atoms with Crippen molar-refractivity contribution in [3.8, 4) is 0 Å². The Kier molecular flexibility index (Phi) is 7.63. The van der Waals surface area contributed by atoms with Gasteiger partial charge in [0, 0.05) is 41.4 Å². The zero-order valence-electron chi connectivity index (χ0n) is 20.9. The minimum absolute atomic E-state index is 0.283. The van der Waals surface area contributed by atoms with Crippen molar-refractivity contribution in [2.45, 2.75) is 13.0 Å². The number of para-hydroxylation sites is 3. The zero-order chi connectivity index (χ0) is 26.4. The normalized spacial score (nSPS) is 11.7. The maximum absolute atomic E-state index is 11.0. The molecule has 5 nitrogen and oxygen atoms in total. The summed E-state index contributed by atoms with van der Waals surface area (Å²) in [7, 11) is -4.21. The van der Waals surface area contributed by atoms with Gasteiger partial charge in [-0.05, 0) is 53.6 Å². The van der Waals surface area contributed by atoms with Crippen molar-refractivity contribution in [1.82, 2.24) is 0 Å². The highest BCUT2D eigenvalue weighted by atomic mass is 32.2. The molecule has 1 aromatic heterocycles. The molecule has 0 saturated carbocycles. The molecule has 0 aliphatic carbocycles. The summed E-state index contributed by atoms with van der Waals surface area (Å²) in [6.07, 6.45) is 6.41. The molecule has 0 bridgehead atoms. The number of benzene rings is 4. The van der Waals surface area contributed by atoms with Gasteiger partial charge in [-0.3, -0.25) is 0 Å². The van der Waals surface area contributed by atoms with Crippen LogP contribution in [0.15, 0.2) is 121 Å². The second kappa shape index (κ2) is 11.4. The van der Waals surface area contributed by atoms with E-state index in [0.717, 1.165) is 39.1 Å².